The van der Waals surface area contributed by atoms with Crippen molar-refractivity contribution in [3.63, 3.8) is 0 Å². The molecule has 2 aliphatic heterocycles. The molecule has 0 spiro atoms. The molecule has 24 heavy (non-hydrogen) atoms. The van der Waals surface area contributed by atoms with Crippen molar-refractivity contribution in [3.8, 4) is 0 Å². The van der Waals surface area contributed by atoms with Gasteiger partial charge in [0.25, 0.3) is 5.91 Å². The highest BCUT2D eigenvalue weighted by Crippen LogP contribution is 2.21. The minimum Gasteiger partial charge on any atom is -0.378 e. The van der Waals surface area contributed by atoms with Crippen LogP contribution in [0.1, 0.15) is 25.8 Å². The number of imide groups is 1. The van der Waals surface area contributed by atoms with Crippen LogP contribution >= 0.6 is 0 Å². The molecule has 7 nitrogen and oxygen atoms in total. The second-order valence-corrected chi connectivity index (χ2v) is 6.17. The number of hydrogen-bond donors (Lipinski definition) is 1. The molecule has 2 fully saturated rings. The summed E-state index contributed by atoms with van der Waals surface area (Å²) in [5, 5.41) is 7.63. The van der Waals surface area contributed by atoms with E-state index in [2.05, 4.69) is 15.3 Å². The Hall–Kier alpha value is -2.41. The summed E-state index contributed by atoms with van der Waals surface area (Å²) in [5.41, 5.74) is 1.09. The third kappa shape index (κ3) is 3.12. The first-order valence-corrected chi connectivity index (χ1v) is 8.17. The number of morpholine rings is 1. The van der Waals surface area contributed by atoms with Crippen LogP contribution in [0.15, 0.2) is 29.4 Å². The standard InChI is InChI=1S/C17H22N4O3/c1-3-17(2)15(22)21(16(23)19-17)18-12-13-4-6-14(7-5-13)20-8-10-24-11-9-20/h4-7,12H,3,8-11H2,1-2H3,(H,19,23)/b18-12-/t17-/m1/s1. The lowest BCUT2D eigenvalue weighted by Gasteiger charge is -2.28. The number of amides is 3. The molecule has 1 aromatic carbocycles. The molecule has 2 saturated heterocycles. The van der Waals surface area contributed by atoms with E-state index < -0.39 is 11.6 Å². The fraction of sp³-hybridized carbons (Fsp3) is 0.471. The van der Waals surface area contributed by atoms with Crippen LogP contribution in [0.25, 0.3) is 0 Å². The van der Waals surface area contributed by atoms with Gasteiger partial charge in [0, 0.05) is 18.8 Å². The van der Waals surface area contributed by atoms with Gasteiger partial charge in [-0.3, -0.25) is 4.79 Å². The van der Waals surface area contributed by atoms with E-state index in [9.17, 15) is 9.59 Å². The van der Waals surface area contributed by atoms with Gasteiger partial charge in [0.1, 0.15) is 5.54 Å². The molecule has 0 unspecified atom stereocenters. The van der Waals surface area contributed by atoms with E-state index in [0.717, 1.165) is 42.6 Å². The third-order valence-corrected chi connectivity index (χ3v) is 4.54. The van der Waals surface area contributed by atoms with E-state index in [1.807, 2.05) is 31.2 Å². The maximum Gasteiger partial charge on any atom is 0.346 e. The Morgan fingerprint density at radius 1 is 1.25 bits per heavy atom. The fourth-order valence-corrected chi connectivity index (χ4v) is 2.73. The van der Waals surface area contributed by atoms with Crippen molar-refractivity contribution in [1.29, 1.82) is 0 Å². The second kappa shape index (κ2) is 6.60. The minimum atomic E-state index is -0.866. The number of hydrazone groups is 1. The average Bonchev–Trinajstić information content (AvgIpc) is 2.84. The molecule has 7 heteroatoms. The van der Waals surface area contributed by atoms with Crippen LogP contribution in [-0.2, 0) is 9.53 Å². The van der Waals surface area contributed by atoms with E-state index >= 15 is 0 Å². The summed E-state index contributed by atoms with van der Waals surface area (Å²) < 4.78 is 5.35. The molecular formula is C17H22N4O3. The van der Waals surface area contributed by atoms with Gasteiger partial charge in [-0.25, -0.2) is 4.79 Å². The summed E-state index contributed by atoms with van der Waals surface area (Å²) in [6.07, 6.45) is 2.06. The lowest BCUT2D eigenvalue weighted by Crippen LogP contribution is -2.42. The van der Waals surface area contributed by atoms with Crippen molar-refractivity contribution in [2.24, 2.45) is 5.10 Å². The molecule has 3 rings (SSSR count). The number of benzene rings is 1. The van der Waals surface area contributed by atoms with Crippen LogP contribution in [-0.4, -0.2) is 55.0 Å². The minimum absolute atomic E-state index is 0.323. The fourth-order valence-electron chi connectivity index (χ4n) is 2.73. The number of carbonyl (C=O) groups excluding carboxylic acids is 2. The molecule has 1 aromatic rings. The molecule has 0 bridgehead atoms. The number of carbonyl (C=O) groups is 2. The highest BCUT2D eigenvalue weighted by atomic mass is 16.5. The van der Waals surface area contributed by atoms with E-state index in [1.54, 1.807) is 6.92 Å². The highest BCUT2D eigenvalue weighted by Gasteiger charge is 2.46. The molecule has 0 radical (unpaired) electrons. The van der Waals surface area contributed by atoms with Gasteiger partial charge in [-0.15, -0.1) is 5.01 Å². The van der Waals surface area contributed by atoms with Gasteiger partial charge in [-0.1, -0.05) is 19.1 Å². The molecular weight excluding hydrogens is 308 g/mol. The first-order valence-electron chi connectivity index (χ1n) is 8.17. The van der Waals surface area contributed by atoms with Gasteiger partial charge >= 0.3 is 6.03 Å². The molecule has 3 amide bonds. The number of rotatable bonds is 4. The first-order chi connectivity index (χ1) is 11.5. The summed E-state index contributed by atoms with van der Waals surface area (Å²) in [6.45, 7) is 6.81. The normalized spacial score (nSPS) is 24.8. The number of hydrogen-bond acceptors (Lipinski definition) is 5. The number of urea groups is 1. The Kier molecular flexibility index (Phi) is 4.53. The SMILES string of the molecule is CC[C@@]1(C)NC(=O)N(/N=C\c2ccc(N3CCOCC3)cc2)C1=O. The Balaban J connectivity index is 1.68. The number of nitrogens with zero attached hydrogens (tertiary/aromatic N) is 3. The highest BCUT2D eigenvalue weighted by molar-refractivity contribution is 6.07. The van der Waals surface area contributed by atoms with E-state index in [-0.39, 0.29) is 5.91 Å². The van der Waals surface area contributed by atoms with Crippen LogP contribution in [0.4, 0.5) is 10.5 Å². The Morgan fingerprint density at radius 2 is 1.92 bits per heavy atom. The van der Waals surface area contributed by atoms with Gasteiger partial charge in [0.15, 0.2) is 0 Å². The van der Waals surface area contributed by atoms with Crippen molar-refractivity contribution in [3.05, 3.63) is 29.8 Å². The van der Waals surface area contributed by atoms with Crippen molar-refractivity contribution < 1.29 is 14.3 Å². The first kappa shape index (κ1) is 16.4. The zero-order chi connectivity index (χ0) is 17.2. The van der Waals surface area contributed by atoms with Crippen LogP contribution in [0.3, 0.4) is 0 Å². The molecule has 2 heterocycles. The molecule has 1 atom stereocenters. The van der Waals surface area contributed by atoms with Crippen LogP contribution in [0.5, 0.6) is 0 Å². The molecule has 2 aliphatic rings. The van der Waals surface area contributed by atoms with Gasteiger partial charge < -0.3 is 15.0 Å². The van der Waals surface area contributed by atoms with Gasteiger partial charge in [-0.2, -0.15) is 5.10 Å². The second-order valence-electron chi connectivity index (χ2n) is 6.17. The zero-order valence-corrected chi connectivity index (χ0v) is 14.0. The molecule has 0 aliphatic carbocycles. The van der Waals surface area contributed by atoms with Crippen molar-refractivity contribution in [2.45, 2.75) is 25.8 Å². The van der Waals surface area contributed by atoms with E-state index in [4.69, 9.17) is 4.74 Å². The van der Waals surface area contributed by atoms with Crippen LogP contribution in [0.2, 0.25) is 0 Å². The van der Waals surface area contributed by atoms with Gasteiger partial charge in [-0.05, 0) is 31.0 Å². The predicted molar refractivity (Wildman–Crippen MR) is 91.1 cm³/mol. The smallest absolute Gasteiger partial charge is 0.346 e. The number of nitrogens with one attached hydrogen (secondary N) is 1. The predicted octanol–water partition coefficient (Wildman–Crippen LogP) is 1.58. The summed E-state index contributed by atoms with van der Waals surface area (Å²) in [6, 6.07) is 7.38. The largest absolute Gasteiger partial charge is 0.378 e. The zero-order valence-electron chi connectivity index (χ0n) is 14.0. The summed E-state index contributed by atoms with van der Waals surface area (Å²) >= 11 is 0. The number of ether oxygens (including phenoxy) is 1. The van der Waals surface area contributed by atoms with Crippen LogP contribution < -0.4 is 10.2 Å². The summed E-state index contributed by atoms with van der Waals surface area (Å²) in [7, 11) is 0. The Morgan fingerprint density at radius 3 is 2.50 bits per heavy atom. The number of anilines is 1. The average molecular weight is 330 g/mol. The monoisotopic (exact) mass is 330 g/mol. The molecule has 1 N–H and O–H groups in total. The third-order valence-electron chi connectivity index (χ3n) is 4.54. The van der Waals surface area contributed by atoms with E-state index in [1.165, 1.54) is 6.21 Å². The van der Waals surface area contributed by atoms with E-state index in [0.29, 0.717) is 6.42 Å². The van der Waals surface area contributed by atoms with Crippen LogP contribution in [0, 0.1) is 0 Å². The molecule has 0 saturated carbocycles. The summed E-state index contributed by atoms with van der Waals surface area (Å²) in [4.78, 5) is 26.4. The lowest BCUT2D eigenvalue weighted by atomic mass is 10.00. The lowest BCUT2D eigenvalue weighted by molar-refractivity contribution is -0.130. The molecule has 128 valence electrons. The maximum atomic E-state index is 12.3. The van der Waals surface area contributed by atoms with Crippen molar-refractivity contribution >= 4 is 23.8 Å². The van der Waals surface area contributed by atoms with Crippen molar-refractivity contribution in [2.75, 3.05) is 31.2 Å². The summed E-state index contributed by atoms with van der Waals surface area (Å²) in [5.74, 6) is -0.323. The van der Waals surface area contributed by atoms with Gasteiger partial charge in [0.2, 0.25) is 0 Å². The van der Waals surface area contributed by atoms with Crippen molar-refractivity contribution in [1.82, 2.24) is 10.3 Å². The molecule has 0 aromatic heterocycles. The Bertz CT molecular complexity index is 652. The Labute approximate surface area is 141 Å². The topological polar surface area (TPSA) is 74.2 Å². The maximum absolute atomic E-state index is 12.3. The van der Waals surface area contributed by atoms with Gasteiger partial charge in [0.05, 0.1) is 19.4 Å². The quantitative estimate of drug-likeness (QED) is 0.672.